The van der Waals surface area contributed by atoms with Gasteiger partial charge in [0, 0.05) is 17.4 Å². The number of pyridine rings is 1. The van der Waals surface area contributed by atoms with Crippen LogP contribution in [0.1, 0.15) is 60.9 Å². The van der Waals surface area contributed by atoms with E-state index in [9.17, 15) is 10.1 Å². The van der Waals surface area contributed by atoms with Gasteiger partial charge in [0.15, 0.2) is 0 Å². The average molecular weight is 356 g/mol. The van der Waals surface area contributed by atoms with E-state index in [1.165, 1.54) is 30.3 Å². The largest absolute Gasteiger partial charge is 0.313 e. The van der Waals surface area contributed by atoms with Crippen molar-refractivity contribution in [3.8, 4) is 6.07 Å². The third-order valence-corrected chi connectivity index (χ3v) is 6.12. The highest BCUT2D eigenvalue weighted by molar-refractivity contribution is 8.00. The highest BCUT2D eigenvalue weighted by Crippen LogP contribution is 2.35. The van der Waals surface area contributed by atoms with Crippen LogP contribution in [0.15, 0.2) is 16.8 Å². The Bertz CT molecular complexity index is 759. The normalized spacial score (nSPS) is 17.0. The number of aromatic nitrogens is 1. The minimum atomic E-state index is 0.155. The van der Waals surface area contributed by atoms with Crippen molar-refractivity contribution in [1.29, 1.82) is 5.26 Å². The van der Waals surface area contributed by atoms with Crippen molar-refractivity contribution < 1.29 is 4.79 Å². The van der Waals surface area contributed by atoms with Crippen LogP contribution >= 0.6 is 11.8 Å². The molecule has 5 heteroatoms. The maximum atomic E-state index is 12.9. The second-order valence-electron chi connectivity index (χ2n) is 6.96. The maximum absolute atomic E-state index is 12.9. The SMILES string of the molecule is Cc1nc(SCC(=O)N(C2=CCCCC2)C2CC2)c(C#N)c(C)c1C. The highest BCUT2D eigenvalue weighted by Gasteiger charge is 2.35. The Balaban J connectivity index is 1.75. The van der Waals surface area contributed by atoms with Crippen molar-refractivity contribution in [3.05, 3.63) is 34.2 Å². The lowest BCUT2D eigenvalue weighted by atomic mass is 10.0. The summed E-state index contributed by atoms with van der Waals surface area (Å²) in [6.07, 6.45) is 8.95. The van der Waals surface area contributed by atoms with E-state index in [0.717, 1.165) is 42.5 Å². The summed E-state index contributed by atoms with van der Waals surface area (Å²) in [5, 5.41) is 10.2. The lowest BCUT2D eigenvalue weighted by Crippen LogP contribution is -2.34. The molecule has 132 valence electrons. The average Bonchev–Trinajstić information content (AvgIpc) is 3.44. The van der Waals surface area contributed by atoms with Gasteiger partial charge in [-0.1, -0.05) is 17.8 Å². The Kier molecular flexibility index (Phi) is 5.48. The first-order chi connectivity index (χ1) is 12.0. The molecular weight excluding hydrogens is 330 g/mol. The number of hydrogen-bond donors (Lipinski definition) is 0. The van der Waals surface area contributed by atoms with E-state index in [4.69, 9.17) is 0 Å². The van der Waals surface area contributed by atoms with Crippen LogP contribution in [0.5, 0.6) is 0 Å². The number of rotatable bonds is 5. The third kappa shape index (κ3) is 3.90. The van der Waals surface area contributed by atoms with E-state index in [1.807, 2.05) is 25.7 Å². The number of carbonyl (C=O) groups excluding carboxylic acids is 1. The molecule has 1 saturated carbocycles. The molecule has 0 saturated heterocycles. The summed E-state index contributed by atoms with van der Waals surface area (Å²) < 4.78 is 0. The molecule has 1 heterocycles. The summed E-state index contributed by atoms with van der Waals surface area (Å²) in [6.45, 7) is 5.90. The van der Waals surface area contributed by atoms with E-state index in [1.54, 1.807) is 0 Å². The van der Waals surface area contributed by atoms with Crippen LogP contribution in [0.2, 0.25) is 0 Å². The smallest absolute Gasteiger partial charge is 0.237 e. The van der Waals surface area contributed by atoms with Crippen LogP contribution in [0.3, 0.4) is 0 Å². The van der Waals surface area contributed by atoms with Crippen LogP contribution in [0, 0.1) is 32.1 Å². The lowest BCUT2D eigenvalue weighted by Gasteiger charge is -2.27. The Morgan fingerprint density at radius 2 is 2.08 bits per heavy atom. The van der Waals surface area contributed by atoms with Gasteiger partial charge < -0.3 is 4.90 Å². The molecule has 1 aromatic rings. The molecule has 4 nitrogen and oxygen atoms in total. The minimum absolute atomic E-state index is 0.155. The molecule has 3 rings (SSSR count). The fourth-order valence-corrected chi connectivity index (χ4v) is 4.26. The fourth-order valence-electron chi connectivity index (χ4n) is 3.32. The van der Waals surface area contributed by atoms with Gasteiger partial charge >= 0.3 is 0 Å². The highest BCUT2D eigenvalue weighted by atomic mass is 32.2. The number of carbonyl (C=O) groups is 1. The molecule has 0 aromatic carbocycles. The van der Waals surface area contributed by atoms with Crippen LogP contribution in [-0.2, 0) is 4.79 Å². The van der Waals surface area contributed by atoms with Crippen molar-refractivity contribution in [1.82, 2.24) is 9.88 Å². The van der Waals surface area contributed by atoms with Gasteiger partial charge in [0.05, 0.1) is 11.3 Å². The first kappa shape index (κ1) is 18.0. The number of nitriles is 1. The molecule has 0 unspecified atom stereocenters. The molecule has 25 heavy (non-hydrogen) atoms. The molecule has 1 fully saturated rings. The van der Waals surface area contributed by atoms with Gasteiger partial charge in [-0.2, -0.15) is 5.26 Å². The Morgan fingerprint density at radius 1 is 1.32 bits per heavy atom. The molecule has 0 N–H and O–H groups in total. The fraction of sp³-hybridized carbons (Fsp3) is 0.550. The van der Waals surface area contributed by atoms with Crippen LogP contribution in [0.25, 0.3) is 0 Å². The molecule has 0 spiro atoms. The lowest BCUT2D eigenvalue weighted by molar-refractivity contribution is -0.127. The minimum Gasteiger partial charge on any atom is -0.313 e. The Labute approximate surface area is 154 Å². The standard InChI is InChI=1S/C20H25N3OS/c1-13-14(2)18(11-21)20(22-15(13)3)25-12-19(24)23(17-9-10-17)16-7-5-4-6-8-16/h7,17H,4-6,8-10,12H2,1-3H3. The summed E-state index contributed by atoms with van der Waals surface area (Å²) in [6, 6.07) is 2.65. The molecule has 0 radical (unpaired) electrons. The monoisotopic (exact) mass is 355 g/mol. The molecule has 2 aliphatic rings. The summed E-state index contributed by atoms with van der Waals surface area (Å²) >= 11 is 1.40. The molecule has 0 bridgehead atoms. The van der Waals surface area contributed by atoms with E-state index >= 15 is 0 Å². The van der Waals surface area contributed by atoms with Gasteiger partial charge in [-0.05, 0) is 70.4 Å². The van der Waals surface area contributed by atoms with Gasteiger partial charge in [0.25, 0.3) is 0 Å². The molecule has 0 aliphatic heterocycles. The van der Waals surface area contributed by atoms with E-state index in [2.05, 4.69) is 17.1 Å². The van der Waals surface area contributed by atoms with E-state index in [0.29, 0.717) is 22.4 Å². The Hall–Kier alpha value is -1.80. The predicted octanol–water partition coefficient (Wildman–Crippen LogP) is 4.42. The second kappa shape index (κ2) is 7.61. The Morgan fingerprint density at radius 3 is 2.68 bits per heavy atom. The topological polar surface area (TPSA) is 57.0 Å². The van der Waals surface area contributed by atoms with Crippen LogP contribution < -0.4 is 0 Å². The van der Waals surface area contributed by atoms with Gasteiger partial charge in [-0.3, -0.25) is 4.79 Å². The molecule has 1 amide bonds. The first-order valence-electron chi connectivity index (χ1n) is 9.04. The zero-order chi connectivity index (χ0) is 18.0. The van der Waals surface area contributed by atoms with E-state index < -0.39 is 0 Å². The van der Waals surface area contributed by atoms with Crippen molar-refractivity contribution in [2.75, 3.05) is 5.75 Å². The molecule has 2 aliphatic carbocycles. The molecule has 1 aromatic heterocycles. The van der Waals surface area contributed by atoms with Gasteiger partial charge in [0.1, 0.15) is 11.1 Å². The van der Waals surface area contributed by atoms with Crippen molar-refractivity contribution >= 4 is 17.7 Å². The number of aryl methyl sites for hydroxylation is 1. The number of nitrogens with zero attached hydrogens (tertiary/aromatic N) is 3. The zero-order valence-corrected chi connectivity index (χ0v) is 16.1. The van der Waals surface area contributed by atoms with Gasteiger partial charge in [-0.25, -0.2) is 4.98 Å². The quantitative estimate of drug-likeness (QED) is 0.734. The number of thioether (sulfide) groups is 1. The summed E-state index contributed by atoms with van der Waals surface area (Å²) in [5.41, 5.74) is 4.78. The summed E-state index contributed by atoms with van der Waals surface area (Å²) in [4.78, 5) is 19.5. The maximum Gasteiger partial charge on any atom is 0.237 e. The van der Waals surface area contributed by atoms with Crippen LogP contribution in [0.4, 0.5) is 0 Å². The number of amides is 1. The number of hydrogen-bond acceptors (Lipinski definition) is 4. The van der Waals surface area contributed by atoms with Crippen molar-refractivity contribution in [2.45, 2.75) is 70.4 Å². The van der Waals surface area contributed by atoms with E-state index in [-0.39, 0.29) is 5.91 Å². The number of allylic oxidation sites excluding steroid dienone is 2. The zero-order valence-electron chi connectivity index (χ0n) is 15.3. The molecule has 0 atom stereocenters. The molecular formula is C20H25N3OS. The second-order valence-corrected chi connectivity index (χ2v) is 7.93. The summed E-state index contributed by atoms with van der Waals surface area (Å²) in [7, 11) is 0. The van der Waals surface area contributed by atoms with Gasteiger partial charge in [0.2, 0.25) is 5.91 Å². The summed E-state index contributed by atoms with van der Waals surface area (Å²) in [5.74, 6) is 0.500. The van der Waals surface area contributed by atoms with Crippen LogP contribution in [-0.4, -0.2) is 27.6 Å². The third-order valence-electron chi connectivity index (χ3n) is 5.16. The van der Waals surface area contributed by atoms with Gasteiger partial charge in [-0.15, -0.1) is 0 Å². The first-order valence-corrected chi connectivity index (χ1v) is 10.0. The van der Waals surface area contributed by atoms with Crippen molar-refractivity contribution in [2.24, 2.45) is 0 Å². The predicted molar refractivity (Wildman–Crippen MR) is 100 cm³/mol. The van der Waals surface area contributed by atoms with Crippen molar-refractivity contribution in [3.63, 3.8) is 0 Å².